The molecule has 0 unspecified atom stereocenters. The molecule has 1 heterocycles. The van der Waals surface area contributed by atoms with Crippen molar-refractivity contribution in [1.29, 1.82) is 0 Å². The number of hydrogen-bond donors (Lipinski definition) is 0. The average Bonchev–Trinajstić information content (AvgIpc) is 2.57. The molecule has 16 heavy (non-hydrogen) atoms. The van der Waals surface area contributed by atoms with Gasteiger partial charge >= 0.3 is 0 Å². The van der Waals surface area contributed by atoms with E-state index in [0.717, 1.165) is 12.3 Å². The zero-order valence-corrected chi connectivity index (χ0v) is 11.0. The quantitative estimate of drug-likeness (QED) is 0.702. The molecule has 2 heteroatoms. The lowest BCUT2D eigenvalue weighted by Gasteiger charge is -2.22. The largest absolute Gasteiger partial charge is 0.330 e. The molecule has 1 aliphatic rings. The number of allylic oxidation sites excluding steroid dienone is 1. The first-order chi connectivity index (χ1) is 7.52. The highest BCUT2D eigenvalue weighted by Crippen LogP contribution is 2.30. The number of nitrogens with zero attached hydrogens (tertiary/aromatic N) is 2. The predicted molar refractivity (Wildman–Crippen MR) is 71.4 cm³/mol. The minimum Gasteiger partial charge on any atom is -0.330 e. The Bertz CT molecular complexity index is 366. The van der Waals surface area contributed by atoms with Crippen LogP contribution in [0.2, 0.25) is 0 Å². The van der Waals surface area contributed by atoms with Crippen LogP contribution in [0.1, 0.15) is 41.0 Å². The van der Waals surface area contributed by atoms with Crippen molar-refractivity contribution in [3.05, 3.63) is 35.7 Å². The van der Waals surface area contributed by atoms with Crippen LogP contribution in [-0.4, -0.2) is 16.8 Å². The number of hydrogen-bond acceptors (Lipinski definition) is 1. The molecule has 0 saturated carbocycles. The molecular weight excluding hydrogens is 196 g/mol. The topological polar surface area (TPSA) is 15.6 Å². The summed E-state index contributed by atoms with van der Waals surface area (Å²) < 4.78 is 0. The third-order valence-electron chi connectivity index (χ3n) is 2.74. The summed E-state index contributed by atoms with van der Waals surface area (Å²) in [7, 11) is 0. The molecule has 2 nitrogen and oxygen atoms in total. The maximum atomic E-state index is 4.42. The van der Waals surface area contributed by atoms with Gasteiger partial charge < -0.3 is 4.90 Å². The smallest absolute Gasteiger partial charge is 0.140 e. The van der Waals surface area contributed by atoms with Gasteiger partial charge in [0, 0.05) is 24.0 Å². The molecule has 0 bridgehead atoms. The van der Waals surface area contributed by atoms with Gasteiger partial charge in [-0.05, 0) is 39.7 Å². The summed E-state index contributed by atoms with van der Waals surface area (Å²) in [5.41, 5.74) is 3.97. The van der Waals surface area contributed by atoms with Gasteiger partial charge in [-0.2, -0.15) is 0 Å². The van der Waals surface area contributed by atoms with Gasteiger partial charge in [0.25, 0.3) is 0 Å². The number of rotatable bonds is 3. The second-order valence-electron chi connectivity index (χ2n) is 4.52. The third kappa shape index (κ3) is 2.26. The number of aliphatic imine (C=N–C) groups is 1. The Hall–Kier alpha value is -1.31. The molecule has 1 rings (SSSR count). The van der Waals surface area contributed by atoms with E-state index < -0.39 is 0 Å². The monoisotopic (exact) mass is 218 g/mol. The standard InChI is InChI=1S/C14H22N2/c1-7-12-9-16(11(5)6)14(15-8-2)13(12)10(3)4/h8-9,11H,2,7H2,1,3-6H3. The molecular formula is C14H22N2. The maximum Gasteiger partial charge on any atom is 0.140 e. The Morgan fingerprint density at radius 2 is 2.12 bits per heavy atom. The summed E-state index contributed by atoms with van der Waals surface area (Å²) in [5, 5.41) is 0. The number of amidine groups is 1. The summed E-state index contributed by atoms with van der Waals surface area (Å²) >= 11 is 0. The van der Waals surface area contributed by atoms with E-state index in [1.54, 1.807) is 6.20 Å². The third-order valence-corrected chi connectivity index (χ3v) is 2.74. The lowest BCUT2D eigenvalue weighted by Crippen LogP contribution is -2.29. The van der Waals surface area contributed by atoms with E-state index in [2.05, 4.69) is 57.3 Å². The van der Waals surface area contributed by atoms with E-state index in [9.17, 15) is 0 Å². The minimum atomic E-state index is 0.428. The van der Waals surface area contributed by atoms with E-state index in [1.165, 1.54) is 16.7 Å². The second-order valence-corrected chi connectivity index (χ2v) is 4.52. The lowest BCUT2D eigenvalue weighted by molar-refractivity contribution is 0.466. The fourth-order valence-electron chi connectivity index (χ4n) is 1.99. The molecule has 0 aromatic rings. The van der Waals surface area contributed by atoms with E-state index >= 15 is 0 Å². The van der Waals surface area contributed by atoms with Gasteiger partial charge in [0.2, 0.25) is 0 Å². The summed E-state index contributed by atoms with van der Waals surface area (Å²) in [6.07, 6.45) is 4.88. The van der Waals surface area contributed by atoms with Crippen molar-refractivity contribution in [1.82, 2.24) is 4.90 Å². The molecule has 0 aliphatic carbocycles. The minimum absolute atomic E-state index is 0.428. The van der Waals surface area contributed by atoms with Crippen molar-refractivity contribution in [2.24, 2.45) is 4.99 Å². The first kappa shape index (κ1) is 12.8. The van der Waals surface area contributed by atoms with Crippen LogP contribution >= 0.6 is 0 Å². The normalized spacial score (nSPS) is 18.4. The van der Waals surface area contributed by atoms with Gasteiger partial charge in [-0.3, -0.25) is 0 Å². The maximum absolute atomic E-state index is 4.42. The van der Waals surface area contributed by atoms with E-state index in [1.807, 2.05) is 0 Å². The average molecular weight is 218 g/mol. The molecule has 88 valence electrons. The van der Waals surface area contributed by atoms with Crippen molar-refractivity contribution in [3.63, 3.8) is 0 Å². The van der Waals surface area contributed by atoms with Crippen molar-refractivity contribution >= 4 is 5.84 Å². The van der Waals surface area contributed by atoms with E-state index in [4.69, 9.17) is 0 Å². The fourth-order valence-corrected chi connectivity index (χ4v) is 1.99. The van der Waals surface area contributed by atoms with Gasteiger partial charge in [-0.1, -0.05) is 19.1 Å². The first-order valence-electron chi connectivity index (χ1n) is 5.88. The lowest BCUT2D eigenvalue weighted by atomic mass is 10.0. The van der Waals surface area contributed by atoms with Crippen molar-refractivity contribution in [3.8, 4) is 0 Å². The van der Waals surface area contributed by atoms with Gasteiger partial charge in [-0.25, -0.2) is 4.99 Å². The van der Waals surface area contributed by atoms with Crippen LogP contribution in [0, 0.1) is 0 Å². The van der Waals surface area contributed by atoms with Gasteiger partial charge in [0.1, 0.15) is 5.84 Å². The Morgan fingerprint density at radius 3 is 2.50 bits per heavy atom. The Labute approximate surface area is 99.1 Å². The molecule has 0 N–H and O–H groups in total. The molecule has 0 fully saturated rings. The zero-order valence-electron chi connectivity index (χ0n) is 11.0. The Balaban J connectivity index is 3.28. The van der Waals surface area contributed by atoms with Crippen LogP contribution in [0.4, 0.5) is 0 Å². The SMILES string of the molecule is C=CN=C1C(=C(C)C)C(CC)=CN1C(C)C. The van der Waals surface area contributed by atoms with Crippen LogP contribution in [0.15, 0.2) is 40.7 Å². The molecule has 0 aromatic carbocycles. The summed E-state index contributed by atoms with van der Waals surface area (Å²) in [5.74, 6) is 1.04. The van der Waals surface area contributed by atoms with Crippen LogP contribution in [0.3, 0.4) is 0 Å². The summed E-state index contributed by atoms with van der Waals surface area (Å²) in [4.78, 5) is 6.65. The van der Waals surface area contributed by atoms with Crippen molar-refractivity contribution in [2.75, 3.05) is 0 Å². The second kappa shape index (κ2) is 5.15. The molecule has 0 atom stereocenters. The van der Waals surface area contributed by atoms with E-state index in [0.29, 0.717) is 6.04 Å². The van der Waals surface area contributed by atoms with E-state index in [-0.39, 0.29) is 0 Å². The summed E-state index contributed by atoms with van der Waals surface area (Å²) in [6.45, 7) is 14.5. The fraction of sp³-hybridized carbons (Fsp3) is 0.500. The van der Waals surface area contributed by atoms with Crippen molar-refractivity contribution < 1.29 is 0 Å². The molecule has 0 spiro atoms. The van der Waals surface area contributed by atoms with Gasteiger partial charge in [0.15, 0.2) is 0 Å². The zero-order chi connectivity index (χ0) is 12.3. The highest BCUT2D eigenvalue weighted by atomic mass is 15.2. The predicted octanol–water partition coefficient (Wildman–Crippen LogP) is 3.88. The highest BCUT2D eigenvalue weighted by Gasteiger charge is 2.26. The molecule has 0 aromatic heterocycles. The molecule has 1 aliphatic heterocycles. The van der Waals surface area contributed by atoms with Crippen LogP contribution in [0.5, 0.6) is 0 Å². The van der Waals surface area contributed by atoms with Crippen LogP contribution in [-0.2, 0) is 0 Å². The Kier molecular flexibility index (Phi) is 4.11. The summed E-state index contributed by atoms with van der Waals surface area (Å²) in [6, 6.07) is 0.428. The molecule has 0 amide bonds. The van der Waals surface area contributed by atoms with Crippen molar-refractivity contribution in [2.45, 2.75) is 47.1 Å². The van der Waals surface area contributed by atoms with Gasteiger partial charge in [0.05, 0.1) is 0 Å². The van der Waals surface area contributed by atoms with Gasteiger partial charge in [-0.15, -0.1) is 0 Å². The molecule has 0 radical (unpaired) electrons. The van der Waals surface area contributed by atoms with Crippen LogP contribution in [0.25, 0.3) is 0 Å². The first-order valence-corrected chi connectivity index (χ1v) is 5.88. The Morgan fingerprint density at radius 1 is 1.50 bits per heavy atom. The van der Waals surface area contributed by atoms with Crippen LogP contribution < -0.4 is 0 Å². The highest BCUT2D eigenvalue weighted by molar-refractivity contribution is 6.06. The molecule has 0 saturated heterocycles.